The van der Waals surface area contributed by atoms with Crippen molar-refractivity contribution in [2.75, 3.05) is 6.54 Å². The number of carboxylic acid groups (broad SMARTS) is 1. The van der Waals surface area contributed by atoms with E-state index in [0.29, 0.717) is 12.0 Å². The van der Waals surface area contributed by atoms with Crippen molar-refractivity contribution < 1.29 is 37.0 Å². The average molecular weight is 442 g/mol. The summed E-state index contributed by atoms with van der Waals surface area (Å²) in [5.41, 5.74) is 3.32. The quantitative estimate of drug-likeness (QED) is 0.568. The number of carboxylic acids is 1. The number of ether oxygens (including phenoxy) is 1. The van der Waals surface area contributed by atoms with Gasteiger partial charge in [-0.2, -0.15) is 22.8 Å². The maximum Gasteiger partial charge on any atom is 0.461 e. The zero-order valence-corrected chi connectivity index (χ0v) is 16.7. The van der Waals surface area contributed by atoms with E-state index in [2.05, 4.69) is 10.8 Å². The number of ketones is 1. The fraction of sp³-hybridized carbons (Fsp3) is 0.571. The summed E-state index contributed by atoms with van der Waals surface area (Å²) in [5.74, 6) is -3.91. The first-order valence-electron chi connectivity index (χ1n) is 9.83. The number of rotatable bonds is 9. The molecule has 5 unspecified atom stereocenters. The summed E-state index contributed by atoms with van der Waals surface area (Å²) in [6, 6.07) is 7.23. The summed E-state index contributed by atoms with van der Waals surface area (Å²) in [6.07, 6.45) is -8.01. The fourth-order valence-electron chi connectivity index (χ4n) is 5.78. The molecule has 168 valence electrons. The highest BCUT2D eigenvalue weighted by Gasteiger charge is 2.83. The number of alkyl halides is 4. The van der Waals surface area contributed by atoms with Crippen molar-refractivity contribution in [1.82, 2.24) is 0 Å². The Kier molecular flexibility index (Phi) is 5.78. The molecule has 2 fully saturated rings. The summed E-state index contributed by atoms with van der Waals surface area (Å²) in [5, 5.41) is 19.7. The largest absolute Gasteiger partial charge is 0.481 e. The predicted octanol–water partition coefficient (Wildman–Crippen LogP) is 3.25. The highest BCUT2D eigenvalue weighted by Crippen LogP contribution is 2.79. The maximum absolute atomic E-state index is 13.2. The van der Waals surface area contributed by atoms with Crippen molar-refractivity contribution in [2.24, 2.45) is 34.3 Å². The van der Waals surface area contributed by atoms with E-state index >= 15 is 0 Å². The molecule has 2 saturated carbocycles. The molecule has 0 aliphatic heterocycles. The van der Waals surface area contributed by atoms with Gasteiger partial charge in [-0.3, -0.25) is 9.59 Å². The smallest absolute Gasteiger partial charge is 0.461 e. The summed E-state index contributed by atoms with van der Waals surface area (Å²) >= 11 is 0. The van der Waals surface area contributed by atoms with E-state index in [-0.39, 0.29) is 18.8 Å². The predicted molar refractivity (Wildman–Crippen MR) is 99.3 cm³/mol. The molecule has 2 aliphatic carbocycles. The van der Waals surface area contributed by atoms with Crippen LogP contribution in [0.25, 0.3) is 0 Å². The third kappa shape index (κ3) is 3.26. The lowest BCUT2D eigenvalue weighted by Gasteiger charge is -2.37. The lowest BCUT2D eigenvalue weighted by atomic mass is 9.61. The number of nitrogens with two attached hydrogens (primary N) is 1. The standard InChI is InChI=1S/C21H22F4N2O4/c1-2-19-14(16(19)17(29)30)8-12(20(19,10-27)15(28)9-26)6-11-4-3-5-13(7-11)31-21(24,25)18(22)23/h3-5,7,12,14,16,18H,2,6,8-9,26H2,1H3,(H,29,30). The first kappa shape index (κ1) is 23.0. The lowest BCUT2D eigenvalue weighted by molar-refractivity contribution is -0.253. The number of fused-ring (bicyclic) bond motifs is 1. The molecule has 0 radical (unpaired) electrons. The number of aliphatic carboxylic acids is 1. The van der Waals surface area contributed by atoms with E-state index in [4.69, 9.17) is 5.73 Å². The second-order valence-corrected chi connectivity index (χ2v) is 8.11. The molecule has 31 heavy (non-hydrogen) atoms. The SMILES string of the molecule is CCC12C(CC(Cc3cccc(OC(F)(F)C(F)F)c3)C1(C#N)C(=O)CN)C2C(=O)O. The van der Waals surface area contributed by atoms with E-state index in [1.807, 2.05) is 0 Å². The number of carbonyl (C=O) groups excluding carboxylic acids is 1. The number of Topliss-reactive ketones (excluding diaryl/α,β-unsaturated/α-hetero) is 1. The number of carbonyl (C=O) groups is 2. The van der Waals surface area contributed by atoms with Crippen LogP contribution in [0.15, 0.2) is 24.3 Å². The van der Waals surface area contributed by atoms with Crippen LogP contribution < -0.4 is 10.5 Å². The van der Waals surface area contributed by atoms with E-state index < -0.39 is 59.2 Å². The third-order valence-corrected chi connectivity index (χ3v) is 6.94. The fourth-order valence-corrected chi connectivity index (χ4v) is 5.78. The molecule has 5 atom stereocenters. The topological polar surface area (TPSA) is 113 Å². The van der Waals surface area contributed by atoms with Crippen LogP contribution in [-0.2, 0) is 16.0 Å². The Morgan fingerprint density at radius 1 is 1.42 bits per heavy atom. The number of hydrogen-bond acceptors (Lipinski definition) is 5. The van der Waals surface area contributed by atoms with Crippen LogP contribution in [0.3, 0.4) is 0 Å². The van der Waals surface area contributed by atoms with E-state index in [1.165, 1.54) is 6.07 Å². The van der Waals surface area contributed by atoms with E-state index in [9.17, 15) is 37.5 Å². The van der Waals surface area contributed by atoms with Crippen molar-refractivity contribution >= 4 is 11.8 Å². The van der Waals surface area contributed by atoms with Gasteiger partial charge in [0.25, 0.3) is 0 Å². The molecular formula is C21H22F4N2O4. The second-order valence-electron chi connectivity index (χ2n) is 8.11. The molecule has 10 heteroatoms. The van der Waals surface area contributed by atoms with Crippen LogP contribution in [0.2, 0.25) is 0 Å². The van der Waals surface area contributed by atoms with Gasteiger partial charge in [0.2, 0.25) is 0 Å². The van der Waals surface area contributed by atoms with Gasteiger partial charge in [0.1, 0.15) is 11.2 Å². The van der Waals surface area contributed by atoms with Gasteiger partial charge < -0.3 is 15.6 Å². The van der Waals surface area contributed by atoms with Gasteiger partial charge in [-0.05, 0) is 48.8 Å². The lowest BCUT2D eigenvalue weighted by Crippen LogP contribution is -2.48. The summed E-state index contributed by atoms with van der Waals surface area (Å²) in [6.45, 7) is 1.30. The van der Waals surface area contributed by atoms with Gasteiger partial charge in [-0.25, -0.2) is 0 Å². The normalized spacial score (nSPS) is 31.7. The monoisotopic (exact) mass is 442 g/mol. The zero-order valence-electron chi connectivity index (χ0n) is 16.7. The summed E-state index contributed by atoms with van der Waals surface area (Å²) in [7, 11) is 0. The minimum absolute atomic E-state index is 0.0847. The number of nitrogens with zero attached hydrogens (tertiary/aromatic N) is 1. The zero-order chi connectivity index (χ0) is 23.2. The Morgan fingerprint density at radius 2 is 2.10 bits per heavy atom. The molecule has 3 N–H and O–H groups in total. The summed E-state index contributed by atoms with van der Waals surface area (Å²) in [4.78, 5) is 24.7. The highest BCUT2D eigenvalue weighted by atomic mass is 19.3. The molecular weight excluding hydrogens is 420 g/mol. The van der Waals surface area contributed by atoms with Gasteiger partial charge in [0, 0.05) is 5.41 Å². The van der Waals surface area contributed by atoms with Crippen LogP contribution in [0.4, 0.5) is 17.6 Å². The Labute approximate surface area is 176 Å². The Hall–Kier alpha value is -2.67. The molecule has 1 aromatic carbocycles. The maximum atomic E-state index is 13.2. The van der Waals surface area contributed by atoms with E-state index in [1.54, 1.807) is 13.0 Å². The van der Waals surface area contributed by atoms with Crippen molar-refractivity contribution in [3.8, 4) is 11.8 Å². The van der Waals surface area contributed by atoms with Crippen LogP contribution in [-0.4, -0.2) is 35.9 Å². The van der Waals surface area contributed by atoms with Crippen LogP contribution in [0.5, 0.6) is 5.75 Å². The first-order chi connectivity index (χ1) is 14.5. The van der Waals surface area contributed by atoms with Crippen molar-refractivity contribution in [3.63, 3.8) is 0 Å². The highest BCUT2D eigenvalue weighted by molar-refractivity contribution is 5.94. The Bertz CT molecular complexity index is 934. The summed E-state index contributed by atoms with van der Waals surface area (Å²) < 4.78 is 55.5. The average Bonchev–Trinajstić information content (AvgIpc) is 3.28. The van der Waals surface area contributed by atoms with Gasteiger partial charge in [-0.1, -0.05) is 19.1 Å². The van der Waals surface area contributed by atoms with E-state index in [0.717, 1.165) is 12.1 Å². The third-order valence-electron chi connectivity index (χ3n) is 6.94. The van der Waals surface area contributed by atoms with Crippen molar-refractivity contribution in [1.29, 1.82) is 5.26 Å². The minimum Gasteiger partial charge on any atom is -0.481 e. The molecule has 3 rings (SSSR count). The first-order valence-corrected chi connectivity index (χ1v) is 9.83. The molecule has 6 nitrogen and oxygen atoms in total. The number of nitriles is 1. The van der Waals surface area contributed by atoms with Gasteiger partial charge >= 0.3 is 18.5 Å². The molecule has 0 aromatic heterocycles. The molecule has 2 aliphatic rings. The minimum atomic E-state index is -4.67. The van der Waals surface area contributed by atoms with Crippen LogP contribution in [0.1, 0.15) is 25.3 Å². The molecule has 0 heterocycles. The molecule has 0 spiro atoms. The molecule has 0 saturated heterocycles. The molecule has 0 amide bonds. The Morgan fingerprint density at radius 3 is 2.61 bits per heavy atom. The van der Waals surface area contributed by atoms with Gasteiger partial charge in [-0.15, -0.1) is 0 Å². The van der Waals surface area contributed by atoms with Crippen molar-refractivity contribution in [2.45, 2.75) is 38.7 Å². The number of halogens is 4. The number of benzene rings is 1. The number of hydrogen-bond donors (Lipinski definition) is 2. The van der Waals surface area contributed by atoms with Gasteiger partial charge in [0.15, 0.2) is 5.78 Å². The van der Waals surface area contributed by atoms with Crippen molar-refractivity contribution in [3.05, 3.63) is 29.8 Å². The Balaban J connectivity index is 1.94. The molecule has 1 aromatic rings. The van der Waals surface area contributed by atoms with Crippen LogP contribution >= 0.6 is 0 Å². The molecule has 0 bridgehead atoms. The van der Waals surface area contributed by atoms with Crippen LogP contribution in [0, 0.1) is 39.9 Å². The van der Waals surface area contributed by atoms with Gasteiger partial charge in [0.05, 0.1) is 18.5 Å². The second kappa shape index (κ2) is 7.79.